The molecule has 2 rings (SSSR count). The number of nitrogens with one attached hydrogen (secondary N) is 2. The van der Waals surface area contributed by atoms with Crippen molar-refractivity contribution in [1.29, 1.82) is 0 Å². The lowest BCUT2D eigenvalue weighted by Crippen LogP contribution is -2.60. The van der Waals surface area contributed by atoms with Gasteiger partial charge in [-0.1, -0.05) is 20.3 Å². The zero-order valence-electron chi connectivity index (χ0n) is 12.9. The monoisotopic (exact) mass is 298 g/mol. The maximum absolute atomic E-state index is 12.2. The fraction of sp³-hybridized carbons (Fsp3) is 0.867. The number of carbonyl (C=O) groups excluding carboxylic acids is 1. The van der Waals surface area contributed by atoms with Gasteiger partial charge >= 0.3 is 12.0 Å². The lowest BCUT2D eigenvalue weighted by molar-refractivity contribution is -0.148. The Kier molecular flexibility index (Phi) is 5.08. The second-order valence-electron chi connectivity index (χ2n) is 6.31. The van der Waals surface area contributed by atoms with Crippen molar-refractivity contribution >= 4 is 12.0 Å². The van der Waals surface area contributed by atoms with Gasteiger partial charge in [0, 0.05) is 32.1 Å². The van der Waals surface area contributed by atoms with Crippen molar-refractivity contribution in [2.75, 3.05) is 13.2 Å². The highest BCUT2D eigenvalue weighted by atomic mass is 16.5. The van der Waals surface area contributed by atoms with Gasteiger partial charge in [-0.05, 0) is 24.7 Å². The van der Waals surface area contributed by atoms with Gasteiger partial charge in [0.1, 0.15) is 5.54 Å². The molecule has 1 aliphatic heterocycles. The van der Waals surface area contributed by atoms with E-state index in [1.54, 1.807) is 0 Å². The van der Waals surface area contributed by atoms with E-state index in [-0.39, 0.29) is 12.1 Å². The van der Waals surface area contributed by atoms with Crippen LogP contribution in [-0.2, 0) is 9.53 Å². The zero-order chi connectivity index (χ0) is 15.5. The molecule has 1 aliphatic carbocycles. The molecule has 0 aromatic heterocycles. The molecular formula is C15H26N2O4. The first-order valence-electron chi connectivity index (χ1n) is 7.88. The smallest absolute Gasteiger partial charge is 0.329 e. The molecule has 3 N–H and O–H groups in total. The van der Waals surface area contributed by atoms with Crippen molar-refractivity contribution in [2.24, 2.45) is 11.8 Å². The van der Waals surface area contributed by atoms with E-state index >= 15 is 0 Å². The average molecular weight is 298 g/mol. The summed E-state index contributed by atoms with van der Waals surface area (Å²) < 4.78 is 5.20. The van der Waals surface area contributed by atoms with Gasteiger partial charge in [-0.25, -0.2) is 9.59 Å². The van der Waals surface area contributed by atoms with Crippen LogP contribution in [0, 0.1) is 11.8 Å². The first kappa shape index (κ1) is 16.1. The van der Waals surface area contributed by atoms with Crippen molar-refractivity contribution in [3.63, 3.8) is 0 Å². The predicted molar refractivity (Wildman–Crippen MR) is 78.1 cm³/mol. The minimum atomic E-state index is -1.19. The summed E-state index contributed by atoms with van der Waals surface area (Å²) in [6.45, 7) is 5.06. The molecule has 120 valence electrons. The molecule has 1 saturated carbocycles. The summed E-state index contributed by atoms with van der Waals surface area (Å²) in [5.41, 5.74) is -1.19. The minimum absolute atomic E-state index is 0.139. The zero-order valence-corrected chi connectivity index (χ0v) is 12.9. The maximum atomic E-state index is 12.2. The van der Waals surface area contributed by atoms with Crippen LogP contribution in [-0.4, -0.2) is 41.9 Å². The van der Waals surface area contributed by atoms with Crippen LogP contribution in [0.3, 0.4) is 0 Å². The van der Waals surface area contributed by atoms with Crippen molar-refractivity contribution < 1.29 is 19.4 Å². The highest BCUT2D eigenvalue weighted by molar-refractivity contribution is 5.86. The number of ether oxygens (including phenoxy) is 1. The predicted octanol–water partition coefficient (Wildman–Crippen LogP) is 1.74. The van der Waals surface area contributed by atoms with Crippen molar-refractivity contribution in [1.82, 2.24) is 10.6 Å². The lowest BCUT2D eigenvalue weighted by Gasteiger charge is -2.34. The second kappa shape index (κ2) is 6.64. The van der Waals surface area contributed by atoms with Gasteiger partial charge in [-0.15, -0.1) is 0 Å². The van der Waals surface area contributed by atoms with Crippen LogP contribution in [0.5, 0.6) is 0 Å². The fourth-order valence-corrected chi connectivity index (χ4v) is 3.56. The van der Waals surface area contributed by atoms with Crippen LogP contribution in [0.4, 0.5) is 4.79 Å². The summed E-state index contributed by atoms with van der Waals surface area (Å²) in [7, 11) is 0. The van der Waals surface area contributed by atoms with E-state index < -0.39 is 11.5 Å². The number of carboxylic acid groups (broad SMARTS) is 1. The number of carboxylic acids is 1. The number of rotatable bonds is 4. The molecule has 1 heterocycles. The van der Waals surface area contributed by atoms with Crippen molar-refractivity contribution in [3.05, 3.63) is 0 Å². The molecule has 3 unspecified atom stereocenters. The van der Waals surface area contributed by atoms with Gasteiger partial charge in [-0.3, -0.25) is 0 Å². The van der Waals surface area contributed by atoms with E-state index in [1.165, 1.54) is 0 Å². The van der Waals surface area contributed by atoms with Crippen LogP contribution in [0.15, 0.2) is 0 Å². The highest BCUT2D eigenvalue weighted by Gasteiger charge is 2.42. The molecule has 2 amide bonds. The van der Waals surface area contributed by atoms with Gasteiger partial charge in [0.25, 0.3) is 0 Å². The Balaban J connectivity index is 1.93. The molecule has 6 nitrogen and oxygen atoms in total. The molecule has 0 bridgehead atoms. The third kappa shape index (κ3) is 3.48. The second-order valence-corrected chi connectivity index (χ2v) is 6.31. The maximum Gasteiger partial charge on any atom is 0.329 e. The molecule has 6 heteroatoms. The van der Waals surface area contributed by atoms with Gasteiger partial charge < -0.3 is 20.5 Å². The molecule has 0 radical (unpaired) electrons. The van der Waals surface area contributed by atoms with E-state index in [2.05, 4.69) is 24.5 Å². The molecule has 3 atom stereocenters. The molecular weight excluding hydrogens is 272 g/mol. The Morgan fingerprint density at radius 2 is 1.95 bits per heavy atom. The Morgan fingerprint density at radius 3 is 2.48 bits per heavy atom. The van der Waals surface area contributed by atoms with E-state index in [4.69, 9.17) is 4.74 Å². The number of aliphatic carboxylic acids is 1. The largest absolute Gasteiger partial charge is 0.480 e. The topological polar surface area (TPSA) is 87.7 Å². The summed E-state index contributed by atoms with van der Waals surface area (Å²) >= 11 is 0. The van der Waals surface area contributed by atoms with Crippen LogP contribution in [0.25, 0.3) is 0 Å². The number of hydrogen-bond acceptors (Lipinski definition) is 3. The van der Waals surface area contributed by atoms with Crippen molar-refractivity contribution in [3.8, 4) is 0 Å². The summed E-state index contributed by atoms with van der Waals surface area (Å²) in [6, 6.07) is -0.228. The van der Waals surface area contributed by atoms with Gasteiger partial charge in [0.2, 0.25) is 0 Å². The minimum Gasteiger partial charge on any atom is -0.480 e. The first-order valence-corrected chi connectivity index (χ1v) is 7.88. The number of hydrogen-bond donors (Lipinski definition) is 3. The van der Waals surface area contributed by atoms with E-state index in [0.717, 1.165) is 19.3 Å². The quantitative estimate of drug-likeness (QED) is 0.738. The van der Waals surface area contributed by atoms with E-state index in [9.17, 15) is 14.7 Å². The summed E-state index contributed by atoms with van der Waals surface area (Å²) in [5.74, 6) is 0.106. The molecule has 0 aromatic carbocycles. The van der Waals surface area contributed by atoms with Crippen LogP contribution < -0.4 is 10.6 Å². The molecule has 0 spiro atoms. The highest BCUT2D eigenvalue weighted by Crippen LogP contribution is 2.33. The van der Waals surface area contributed by atoms with Crippen LogP contribution in [0.2, 0.25) is 0 Å². The van der Waals surface area contributed by atoms with Gasteiger partial charge in [-0.2, -0.15) is 0 Å². The summed E-state index contributed by atoms with van der Waals surface area (Å²) in [4.78, 5) is 23.7. The summed E-state index contributed by atoms with van der Waals surface area (Å²) in [5, 5.41) is 15.1. The summed E-state index contributed by atoms with van der Waals surface area (Å²) in [6.07, 6.45) is 3.84. The Morgan fingerprint density at radius 1 is 1.29 bits per heavy atom. The van der Waals surface area contributed by atoms with Crippen LogP contribution >= 0.6 is 0 Å². The fourth-order valence-electron chi connectivity index (χ4n) is 3.56. The molecule has 21 heavy (non-hydrogen) atoms. The van der Waals surface area contributed by atoms with Gasteiger partial charge in [0.15, 0.2) is 0 Å². The molecule has 2 aliphatic rings. The van der Waals surface area contributed by atoms with Crippen LogP contribution in [0.1, 0.15) is 46.0 Å². The molecule has 1 saturated heterocycles. The van der Waals surface area contributed by atoms with E-state index in [1.807, 2.05) is 0 Å². The Labute approximate surface area is 125 Å². The standard InChI is InChI=1S/C15H26N2O4/c1-3-11-4-5-12(10(11)2)16-14(20)17-15(13(18)19)6-8-21-9-7-15/h10-12H,3-9H2,1-2H3,(H,18,19)(H2,16,17,20). The average Bonchev–Trinajstić information content (AvgIpc) is 2.80. The Bertz CT molecular complexity index is 393. The number of urea groups is 1. The molecule has 2 fully saturated rings. The third-order valence-electron chi connectivity index (χ3n) is 5.18. The third-order valence-corrected chi connectivity index (χ3v) is 5.18. The van der Waals surface area contributed by atoms with Gasteiger partial charge in [0.05, 0.1) is 0 Å². The lowest BCUT2D eigenvalue weighted by atomic mass is 9.90. The number of amides is 2. The van der Waals surface area contributed by atoms with Crippen molar-refractivity contribution in [2.45, 2.75) is 57.5 Å². The molecule has 0 aromatic rings. The first-order chi connectivity index (χ1) is 9.98. The normalized spacial score (nSPS) is 31.6. The SMILES string of the molecule is CCC1CCC(NC(=O)NC2(C(=O)O)CCOCC2)C1C. The Hall–Kier alpha value is -1.30. The number of carbonyl (C=O) groups is 2. The van der Waals surface area contributed by atoms with E-state index in [0.29, 0.717) is 37.9 Å².